The smallest absolute Gasteiger partial charge is 0.266 e. The first-order valence-electron chi connectivity index (χ1n) is 9.24. The highest BCUT2D eigenvalue weighted by atomic mass is 16.5. The fourth-order valence-electron chi connectivity index (χ4n) is 3.52. The number of nitrogens with two attached hydrogens (primary N) is 1. The van der Waals surface area contributed by atoms with Crippen LogP contribution in [0.15, 0.2) is 48.5 Å². The molecule has 0 spiro atoms. The topological polar surface area (TPSA) is 72.6 Å². The fraction of sp³-hybridized carbons (Fsp3) is 0.364. The maximum Gasteiger partial charge on any atom is 0.266 e. The Morgan fingerprint density at radius 2 is 1.70 bits per heavy atom. The van der Waals surface area contributed by atoms with Crippen LogP contribution < -0.4 is 10.5 Å². The first kappa shape index (κ1) is 19.0. The Labute approximate surface area is 160 Å². The third-order valence-corrected chi connectivity index (χ3v) is 5.00. The molecule has 2 N–H and O–H groups in total. The molecule has 1 unspecified atom stereocenters. The number of amides is 2. The van der Waals surface area contributed by atoms with Crippen molar-refractivity contribution in [3.8, 4) is 5.75 Å². The lowest BCUT2D eigenvalue weighted by atomic mass is 10.0. The van der Waals surface area contributed by atoms with Crippen LogP contribution >= 0.6 is 0 Å². The molecule has 2 aromatic rings. The number of primary amides is 1. The molecule has 5 nitrogen and oxygen atoms in total. The van der Waals surface area contributed by atoms with Gasteiger partial charge in [-0.2, -0.15) is 0 Å². The molecule has 1 aliphatic heterocycles. The Hall–Kier alpha value is -2.82. The minimum absolute atomic E-state index is 0.0375. The summed E-state index contributed by atoms with van der Waals surface area (Å²) in [5, 5.41) is 0. The second-order valence-corrected chi connectivity index (χ2v) is 7.57. The number of hydrogen-bond acceptors (Lipinski definition) is 3. The molecule has 0 bridgehead atoms. The molecule has 1 heterocycles. The van der Waals surface area contributed by atoms with Crippen LogP contribution in [0.2, 0.25) is 0 Å². The Balaban J connectivity index is 1.76. The van der Waals surface area contributed by atoms with Crippen LogP contribution in [0, 0.1) is 6.92 Å². The number of ether oxygens (including phenoxy) is 1. The van der Waals surface area contributed by atoms with Gasteiger partial charge in [0.1, 0.15) is 5.75 Å². The maximum absolute atomic E-state index is 13.2. The van der Waals surface area contributed by atoms with Gasteiger partial charge in [0.2, 0.25) is 5.91 Å². The number of hydrogen-bond donors (Lipinski definition) is 1. The molecule has 1 atom stereocenters. The highest BCUT2D eigenvalue weighted by Crippen LogP contribution is 2.34. The van der Waals surface area contributed by atoms with Crippen molar-refractivity contribution in [1.82, 2.24) is 4.90 Å². The zero-order chi connectivity index (χ0) is 19.6. The number of nitrogens with zero attached hydrogens (tertiary/aromatic N) is 1. The van der Waals surface area contributed by atoms with Gasteiger partial charge in [-0.1, -0.05) is 29.8 Å². The lowest BCUT2D eigenvalue weighted by molar-refractivity contribution is -0.146. The normalized spacial score (nSPS) is 17.0. The minimum atomic E-state index is -1.01. The van der Waals surface area contributed by atoms with Crippen molar-refractivity contribution in [3.05, 3.63) is 65.2 Å². The Kier molecular flexibility index (Phi) is 5.22. The number of carbonyl (C=O) groups is 2. The monoisotopic (exact) mass is 366 g/mol. The van der Waals surface area contributed by atoms with Crippen LogP contribution in [0.4, 0.5) is 0 Å². The Morgan fingerprint density at radius 3 is 2.30 bits per heavy atom. The summed E-state index contributed by atoms with van der Waals surface area (Å²) in [5.74, 6) is 0.00359. The summed E-state index contributed by atoms with van der Waals surface area (Å²) in [7, 11) is 0. The maximum atomic E-state index is 13.2. The van der Waals surface area contributed by atoms with Crippen molar-refractivity contribution < 1.29 is 14.3 Å². The molecule has 2 aromatic carbocycles. The molecule has 0 aromatic heterocycles. The molecule has 27 heavy (non-hydrogen) atoms. The van der Waals surface area contributed by atoms with Crippen LogP contribution in [0.25, 0.3) is 0 Å². The van der Waals surface area contributed by atoms with Crippen molar-refractivity contribution in [2.24, 2.45) is 5.73 Å². The SMILES string of the molecule is Cc1ccc(C2CCCN2C(=O)C(C)(C)Oc2ccc(C(N)=O)cc2)cc1. The molecule has 0 saturated carbocycles. The van der Waals surface area contributed by atoms with E-state index >= 15 is 0 Å². The molecule has 1 aliphatic rings. The number of carbonyl (C=O) groups excluding carboxylic acids is 2. The average Bonchev–Trinajstić information content (AvgIpc) is 3.11. The van der Waals surface area contributed by atoms with Crippen molar-refractivity contribution >= 4 is 11.8 Å². The van der Waals surface area contributed by atoms with Crippen LogP contribution in [-0.4, -0.2) is 28.9 Å². The number of aryl methyl sites for hydroxylation is 1. The molecule has 142 valence electrons. The Bertz CT molecular complexity index is 826. The van der Waals surface area contributed by atoms with Crippen molar-refractivity contribution in [2.45, 2.75) is 45.3 Å². The molecule has 3 rings (SSSR count). The van der Waals surface area contributed by atoms with E-state index in [9.17, 15) is 9.59 Å². The summed E-state index contributed by atoms with van der Waals surface area (Å²) in [6.45, 7) is 6.34. The number of likely N-dealkylation sites (tertiary alicyclic amines) is 1. The van der Waals surface area contributed by atoms with Gasteiger partial charge in [0, 0.05) is 12.1 Å². The van der Waals surface area contributed by atoms with Crippen LogP contribution in [0.5, 0.6) is 5.75 Å². The van der Waals surface area contributed by atoms with Gasteiger partial charge in [0.25, 0.3) is 5.91 Å². The summed E-state index contributed by atoms with van der Waals surface area (Å²) in [5.41, 5.74) is 7.02. The first-order chi connectivity index (χ1) is 12.8. The van der Waals surface area contributed by atoms with Crippen molar-refractivity contribution in [2.75, 3.05) is 6.54 Å². The lowest BCUT2D eigenvalue weighted by Crippen LogP contribution is -2.48. The summed E-state index contributed by atoms with van der Waals surface area (Å²) in [4.78, 5) is 26.3. The second kappa shape index (κ2) is 7.43. The summed E-state index contributed by atoms with van der Waals surface area (Å²) in [6, 6.07) is 15.0. The van der Waals surface area contributed by atoms with E-state index in [-0.39, 0.29) is 11.9 Å². The largest absolute Gasteiger partial charge is 0.478 e. The van der Waals surface area contributed by atoms with Gasteiger partial charge in [-0.15, -0.1) is 0 Å². The van der Waals surface area contributed by atoms with Gasteiger partial charge in [-0.3, -0.25) is 9.59 Å². The van der Waals surface area contributed by atoms with Gasteiger partial charge in [-0.25, -0.2) is 0 Å². The molecule has 1 fully saturated rings. The van der Waals surface area contributed by atoms with E-state index in [0.29, 0.717) is 11.3 Å². The highest BCUT2D eigenvalue weighted by molar-refractivity contribution is 5.92. The Morgan fingerprint density at radius 1 is 1.07 bits per heavy atom. The van der Waals surface area contributed by atoms with Gasteiger partial charge in [-0.05, 0) is 63.4 Å². The number of benzene rings is 2. The van der Waals surface area contributed by atoms with Gasteiger partial charge in [0.05, 0.1) is 6.04 Å². The number of rotatable bonds is 5. The van der Waals surface area contributed by atoms with Crippen molar-refractivity contribution in [1.29, 1.82) is 0 Å². The molecule has 1 saturated heterocycles. The molecule has 5 heteroatoms. The van der Waals surface area contributed by atoms with Crippen LogP contribution in [-0.2, 0) is 4.79 Å². The zero-order valence-corrected chi connectivity index (χ0v) is 16.1. The van der Waals surface area contributed by atoms with Gasteiger partial charge in [0.15, 0.2) is 5.60 Å². The van der Waals surface area contributed by atoms with Gasteiger partial charge >= 0.3 is 0 Å². The standard InChI is InChI=1S/C22H26N2O3/c1-15-6-8-16(9-7-15)19-5-4-14-24(19)21(26)22(2,3)27-18-12-10-17(11-13-18)20(23)25/h6-13,19H,4-5,14H2,1-3H3,(H2,23,25). The van der Waals surface area contributed by atoms with E-state index in [0.717, 1.165) is 24.9 Å². The molecule has 0 radical (unpaired) electrons. The molecular formula is C22H26N2O3. The summed E-state index contributed by atoms with van der Waals surface area (Å²) in [6.07, 6.45) is 1.94. The molecule has 2 amide bonds. The van der Waals surface area contributed by atoms with E-state index in [4.69, 9.17) is 10.5 Å². The molecular weight excluding hydrogens is 340 g/mol. The van der Waals surface area contributed by atoms with Crippen LogP contribution in [0.3, 0.4) is 0 Å². The fourth-order valence-corrected chi connectivity index (χ4v) is 3.52. The summed E-state index contributed by atoms with van der Waals surface area (Å²) < 4.78 is 5.97. The van der Waals surface area contributed by atoms with E-state index in [1.807, 2.05) is 4.90 Å². The average molecular weight is 366 g/mol. The van der Waals surface area contributed by atoms with E-state index in [2.05, 4.69) is 31.2 Å². The minimum Gasteiger partial charge on any atom is -0.478 e. The third kappa shape index (κ3) is 4.13. The predicted octanol–water partition coefficient (Wildman–Crippen LogP) is 3.62. The third-order valence-electron chi connectivity index (χ3n) is 5.00. The lowest BCUT2D eigenvalue weighted by Gasteiger charge is -2.33. The second-order valence-electron chi connectivity index (χ2n) is 7.57. The van der Waals surface area contributed by atoms with Crippen molar-refractivity contribution in [3.63, 3.8) is 0 Å². The van der Waals surface area contributed by atoms with Gasteiger partial charge < -0.3 is 15.4 Å². The first-order valence-corrected chi connectivity index (χ1v) is 9.24. The van der Waals surface area contributed by atoms with Crippen LogP contribution in [0.1, 0.15) is 54.2 Å². The van der Waals surface area contributed by atoms with E-state index < -0.39 is 11.5 Å². The highest BCUT2D eigenvalue weighted by Gasteiger charge is 2.40. The predicted molar refractivity (Wildman–Crippen MR) is 105 cm³/mol. The quantitative estimate of drug-likeness (QED) is 0.878. The van der Waals surface area contributed by atoms with E-state index in [1.54, 1.807) is 38.1 Å². The van der Waals surface area contributed by atoms with E-state index in [1.165, 1.54) is 5.56 Å². The zero-order valence-electron chi connectivity index (χ0n) is 16.1. The summed E-state index contributed by atoms with van der Waals surface area (Å²) >= 11 is 0. The molecule has 0 aliphatic carbocycles.